The van der Waals surface area contributed by atoms with E-state index in [0.29, 0.717) is 48.7 Å². The molecule has 2 aromatic carbocycles. The molecule has 1 amide bonds. The molecule has 33 heavy (non-hydrogen) atoms. The summed E-state index contributed by atoms with van der Waals surface area (Å²) in [5, 5.41) is 13.7. The van der Waals surface area contributed by atoms with Gasteiger partial charge >= 0.3 is 0 Å². The van der Waals surface area contributed by atoms with Crippen LogP contribution in [0.15, 0.2) is 42.6 Å². The molecule has 7 heteroatoms. The number of amides is 1. The van der Waals surface area contributed by atoms with Crippen molar-refractivity contribution in [2.75, 3.05) is 37.5 Å². The highest BCUT2D eigenvalue weighted by Gasteiger charge is 2.28. The van der Waals surface area contributed by atoms with Gasteiger partial charge in [0.25, 0.3) is 0 Å². The number of nitrogens with zero attached hydrogens (tertiary/aromatic N) is 3. The van der Waals surface area contributed by atoms with Crippen LogP contribution in [0.3, 0.4) is 0 Å². The Bertz CT molecular complexity index is 1210. The Balaban J connectivity index is 1.52. The number of hydrogen-bond donors (Lipinski definition) is 1. The molecule has 0 saturated carbocycles. The highest BCUT2D eigenvalue weighted by atomic mass is 16.5. The maximum atomic E-state index is 13.0. The number of carbonyl (C=O) groups is 1. The van der Waals surface area contributed by atoms with Crippen LogP contribution in [0.1, 0.15) is 30.9 Å². The fourth-order valence-electron chi connectivity index (χ4n) is 4.38. The van der Waals surface area contributed by atoms with Gasteiger partial charge in [-0.25, -0.2) is 0 Å². The fraction of sp³-hybridized carbons (Fsp3) is 0.346. The second kappa shape index (κ2) is 9.78. The monoisotopic (exact) mass is 444 g/mol. The molecule has 7 nitrogen and oxygen atoms in total. The second-order valence-electron chi connectivity index (χ2n) is 8.15. The largest absolute Gasteiger partial charge is 0.497 e. The lowest BCUT2D eigenvalue weighted by molar-refractivity contribution is -0.120. The van der Waals surface area contributed by atoms with Gasteiger partial charge in [-0.15, -0.1) is 0 Å². The molecule has 2 heterocycles. The van der Waals surface area contributed by atoms with E-state index < -0.39 is 0 Å². The molecule has 1 aliphatic rings. The first-order valence-electron chi connectivity index (χ1n) is 11.2. The molecule has 1 saturated heterocycles. The Hall–Kier alpha value is -3.79. The lowest BCUT2D eigenvalue weighted by Crippen LogP contribution is -2.38. The molecule has 0 bridgehead atoms. The van der Waals surface area contributed by atoms with Crippen molar-refractivity contribution in [2.45, 2.75) is 26.2 Å². The van der Waals surface area contributed by atoms with Crippen LogP contribution < -0.4 is 19.7 Å². The zero-order valence-corrected chi connectivity index (χ0v) is 19.2. The Labute approximate surface area is 193 Å². The smallest absolute Gasteiger partial charge is 0.227 e. The number of benzene rings is 2. The minimum atomic E-state index is -0.123. The predicted octanol–water partition coefficient (Wildman–Crippen LogP) is 4.54. The van der Waals surface area contributed by atoms with E-state index in [-0.39, 0.29) is 11.8 Å². The molecule has 4 rings (SSSR count). The normalized spacial score (nSPS) is 14.1. The van der Waals surface area contributed by atoms with Crippen molar-refractivity contribution in [3.8, 4) is 17.6 Å². The highest BCUT2D eigenvalue weighted by molar-refractivity contribution is 5.96. The molecule has 0 aliphatic carbocycles. The Morgan fingerprint density at radius 2 is 1.97 bits per heavy atom. The van der Waals surface area contributed by atoms with E-state index in [4.69, 9.17) is 9.47 Å². The first-order chi connectivity index (χ1) is 16.1. The summed E-state index contributed by atoms with van der Waals surface area (Å²) >= 11 is 0. The average molecular weight is 445 g/mol. The quantitative estimate of drug-likeness (QED) is 0.601. The highest BCUT2D eigenvalue weighted by Crippen LogP contribution is 2.34. The maximum absolute atomic E-state index is 13.0. The number of anilines is 2. The molecule has 0 unspecified atom stereocenters. The Morgan fingerprint density at radius 1 is 1.18 bits per heavy atom. The van der Waals surface area contributed by atoms with Gasteiger partial charge in [-0.1, -0.05) is 13.0 Å². The lowest BCUT2D eigenvalue weighted by atomic mass is 9.94. The molecular formula is C26H28N4O3. The van der Waals surface area contributed by atoms with E-state index in [2.05, 4.69) is 40.3 Å². The van der Waals surface area contributed by atoms with Gasteiger partial charge in [0.2, 0.25) is 5.91 Å². The number of aromatic nitrogens is 1. The van der Waals surface area contributed by atoms with Crippen molar-refractivity contribution in [1.29, 1.82) is 5.26 Å². The van der Waals surface area contributed by atoms with E-state index in [0.717, 1.165) is 23.0 Å². The fourth-order valence-corrected chi connectivity index (χ4v) is 4.38. The van der Waals surface area contributed by atoms with Crippen LogP contribution in [-0.4, -0.2) is 38.2 Å². The summed E-state index contributed by atoms with van der Waals surface area (Å²) in [7, 11) is 3.16. The van der Waals surface area contributed by atoms with E-state index in [1.165, 1.54) is 5.56 Å². The number of nitrogens with one attached hydrogen (secondary N) is 1. The third-order valence-electron chi connectivity index (χ3n) is 6.28. The third kappa shape index (κ3) is 4.56. The van der Waals surface area contributed by atoms with Crippen LogP contribution in [0.4, 0.5) is 11.4 Å². The zero-order valence-electron chi connectivity index (χ0n) is 19.2. The van der Waals surface area contributed by atoms with Gasteiger partial charge in [-0.3, -0.25) is 9.78 Å². The number of nitriles is 1. The number of hydrogen-bond acceptors (Lipinski definition) is 6. The third-order valence-corrected chi connectivity index (χ3v) is 6.28. The molecule has 1 fully saturated rings. The Morgan fingerprint density at radius 3 is 2.64 bits per heavy atom. The molecule has 1 aromatic heterocycles. The molecule has 1 aliphatic heterocycles. The van der Waals surface area contributed by atoms with Crippen molar-refractivity contribution in [1.82, 2.24) is 4.98 Å². The number of aryl methyl sites for hydroxylation is 1. The summed E-state index contributed by atoms with van der Waals surface area (Å²) in [6.07, 6.45) is 3.96. The predicted molar refractivity (Wildman–Crippen MR) is 129 cm³/mol. The summed E-state index contributed by atoms with van der Waals surface area (Å²) in [6.45, 7) is 3.50. The van der Waals surface area contributed by atoms with Crippen LogP contribution >= 0.6 is 0 Å². The van der Waals surface area contributed by atoms with Gasteiger partial charge in [0.1, 0.15) is 17.6 Å². The SMILES string of the molecule is CCc1ccc2ncc(C#N)c(N3CCC(C(=O)Nc4cc(OC)ccc4OC)CC3)c2c1. The van der Waals surface area contributed by atoms with E-state index in [1.54, 1.807) is 38.6 Å². The van der Waals surface area contributed by atoms with Gasteiger partial charge < -0.3 is 19.7 Å². The number of piperidine rings is 1. The van der Waals surface area contributed by atoms with Crippen molar-refractivity contribution >= 4 is 28.2 Å². The topological polar surface area (TPSA) is 87.5 Å². The standard InChI is InChI=1S/C26H28N4O3/c1-4-17-5-7-22-21(13-17)25(19(15-27)16-28-22)30-11-9-18(10-12-30)26(31)29-23-14-20(32-2)6-8-24(23)33-3/h5-8,13-14,16,18H,4,9-12H2,1-3H3,(H,29,31). The first kappa shape index (κ1) is 22.4. The number of ether oxygens (including phenoxy) is 2. The van der Waals surface area contributed by atoms with Crippen molar-refractivity contribution < 1.29 is 14.3 Å². The van der Waals surface area contributed by atoms with Crippen LogP contribution in [-0.2, 0) is 11.2 Å². The lowest BCUT2D eigenvalue weighted by Gasteiger charge is -2.34. The molecule has 3 aromatic rings. The van der Waals surface area contributed by atoms with Crippen LogP contribution in [0.2, 0.25) is 0 Å². The van der Waals surface area contributed by atoms with Crippen molar-refractivity contribution in [3.05, 3.63) is 53.7 Å². The summed E-state index contributed by atoms with van der Waals surface area (Å²) in [6, 6.07) is 13.9. The molecule has 0 spiro atoms. The van der Waals surface area contributed by atoms with Crippen LogP contribution in [0.25, 0.3) is 10.9 Å². The Kier molecular flexibility index (Phi) is 6.64. The number of methoxy groups -OCH3 is 2. The van der Waals surface area contributed by atoms with Crippen LogP contribution in [0, 0.1) is 17.2 Å². The number of rotatable bonds is 6. The van der Waals surface area contributed by atoms with Gasteiger partial charge in [0.05, 0.1) is 36.7 Å². The average Bonchev–Trinajstić information content (AvgIpc) is 2.87. The molecule has 170 valence electrons. The molecule has 0 atom stereocenters. The molecule has 1 N–H and O–H groups in total. The van der Waals surface area contributed by atoms with E-state index in [1.807, 2.05) is 6.07 Å². The summed E-state index contributed by atoms with van der Waals surface area (Å²) < 4.78 is 10.7. The minimum Gasteiger partial charge on any atom is -0.497 e. The van der Waals surface area contributed by atoms with Crippen molar-refractivity contribution in [3.63, 3.8) is 0 Å². The van der Waals surface area contributed by atoms with E-state index in [9.17, 15) is 10.1 Å². The summed E-state index contributed by atoms with van der Waals surface area (Å²) in [5.41, 5.74) is 4.18. The number of fused-ring (bicyclic) bond motifs is 1. The minimum absolute atomic E-state index is 0.0328. The van der Waals surface area contributed by atoms with E-state index >= 15 is 0 Å². The number of carbonyl (C=O) groups excluding carboxylic acids is 1. The second-order valence-corrected chi connectivity index (χ2v) is 8.15. The maximum Gasteiger partial charge on any atom is 0.227 e. The van der Waals surface area contributed by atoms with Crippen LogP contribution in [0.5, 0.6) is 11.5 Å². The number of pyridine rings is 1. The van der Waals surface area contributed by atoms with Gasteiger partial charge in [-0.05, 0) is 49.1 Å². The van der Waals surface area contributed by atoms with Gasteiger partial charge in [-0.2, -0.15) is 5.26 Å². The van der Waals surface area contributed by atoms with Gasteiger partial charge in [0, 0.05) is 36.7 Å². The summed E-state index contributed by atoms with van der Waals surface area (Å²) in [4.78, 5) is 19.7. The van der Waals surface area contributed by atoms with Gasteiger partial charge in [0.15, 0.2) is 0 Å². The summed E-state index contributed by atoms with van der Waals surface area (Å²) in [5.74, 6) is 1.09. The van der Waals surface area contributed by atoms with Crippen molar-refractivity contribution in [2.24, 2.45) is 5.92 Å². The first-order valence-corrected chi connectivity index (χ1v) is 11.2. The zero-order chi connectivity index (χ0) is 23.4. The molecular weight excluding hydrogens is 416 g/mol. The molecule has 0 radical (unpaired) electrons.